The van der Waals surface area contributed by atoms with E-state index in [1.807, 2.05) is 0 Å². The first kappa shape index (κ1) is 9.55. The molecule has 2 aliphatic heterocycles. The summed E-state index contributed by atoms with van der Waals surface area (Å²) in [6.07, 6.45) is 0.173. The van der Waals surface area contributed by atoms with Crippen LogP contribution >= 0.6 is 0 Å². The summed E-state index contributed by atoms with van der Waals surface area (Å²) in [4.78, 5) is 36.5. The van der Waals surface area contributed by atoms with Gasteiger partial charge in [0.05, 0.1) is 2.74 Å². The number of anilines is 1. The van der Waals surface area contributed by atoms with E-state index in [9.17, 15) is 14.4 Å². The lowest BCUT2D eigenvalue weighted by molar-refractivity contribution is -0.136. The van der Waals surface area contributed by atoms with Crippen LogP contribution in [0.25, 0.3) is 0 Å². The molecule has 3 amide bonds. The zero-order chi connectivity index (χ0) is 15.4. The van der Waals surface area contributed by atoms with Gasteiger partial charge in [-0.05, 0) is 18.6 Å². The highest BCUT2D eigenvalue weighted by Gasteiger charge is 2.39. The van der Waals surface area contributed by atoms with E-state index in [1.54, 1.807) is 6.07 Å². The molecular weight excluding hydrogens is 246 g/mol. The Hall–Kier alpha value is -2.37. The van der Waals surface area contributed by atoms with Gasteiger partial charge in [-0.1, -0.05) is 6.07 Å². The molecule has 1 aromatic rings. The number of nitrogen functional groups attached to an aromatic ring is 1. The standard InChI is InChI=1S/C13H13N3O3/c14-9-3-1-2-7-8(9)6-16(13(7)19)10-4-5-11(17)15-12(10)18/h1-3,10H,4-6,14H2,(H,15,17,18)/t10-/m0/s1/i6D2. The molecule has 3 rings (SSSR count). The number of carbonyl (C=O) groups is 3. The number of carbonyl (C=O) groups excluding carboxylic acids is 3. The van der Waals surface area contributed by atoms with Gasteiger partial charge in [0.15, 0.2) is 0 Å². The zero-order valence-corrected chi connectivity index (χ0v) is 9.97. The lowest BCUT2D eigenvalue weighted by Crippen LogP contribution is -2.52. The number of piperidine rings is 1. The number of nitrogens with one attached hydrogen (secondary N) is 1. The number of amides is 3. The number of fused-ring (bicyclic) bond motifs is 1. The predicted molar refractivity (Wildman–Crippen MR) is 66.9 cm³/mol. The highest BCUT2D eigenvalue weighted by molar-refractivity contribution is 6.06. The minimum absolute atomic E-state index is 0.0715. The van der Waals surface area contributed by atoms with Crippen LogP contribution < -0.4 is 11.1 Å². The minimum Gasteiger partial charge on any atom is -0.398 e. The van der Waals surface area contributed by atoms with Crippen LogP contribution in [0, 0.1) is 0 Å². The van der Waals surface area contributed by atoms with Crippen molar-refractivity contribution in [2.45, 2.75) is 25.4 Å². The Morgan fingerprint density at radius 2 is 2.16 bits per heavy atom. The fourth-order valence-electron chi connectivity index (χ4n) is 2.32. The average Bonchev–Trinajstić information content (AvgIpc) is 2.60. The molecule has 1 fully saturated rings. The summed E-state index contributed by atoms with van der Waals surface area (Å²) in [5, 5.41) is 2.14. The Balaban J connectivity index is 2.06. The smallest absolute Gasteiger partial charge is 0.255 e. The molecule has 1 atom stereocenters. The van der Waals surface area contributed by atoms with Crippen molar-refractivity contribution in [3.8, 4) is 0 Å². The van der Waals surface area contributed by atoms with Crippen LogP contribution in [0.15, 0.2) is 18.2 Å². The number of nitrogens with two attached hydrogens (primary N) is 1. The molecule has 3 N–H and O–H groups in total. The number of hydrogen-bond donors (Lipinski definition) is 2. The highest BCUT2D eigenvalue weighted by Crippen LogP contribution is 2.30. The molecule has 2 aliphatic rings. The molecule has 0 radical (unpaired) electrons. The summed E-state index contributed by atoms with van der Waals surface area (Å²) < 4.78 is 16.4. The molecule has 6 heteroatoms. The number of hydrogen-bond acceptors (Lipinski definition) is 4. The number of nitrogens with zero attached hydrogens (tertiary/aromatic N) is 1. The van der Waals surface area contributed by atoms with Gasteiger partial charge in [0.25, 0.3) is 5.91 Å². The van der Waals surface area contributed by atoms with Crippen LogP contribution in [0.2, 0.25) is 0 Å². The van der Waals surface area contributed by atoms with E-state index in [0.717, 1.165) is 4.90 Å². The van der Waals surface area contributed by atoms with Gasteiger partial charge >= 0.3 is 0 Å². The van der Waals surface area contributed by atoms with Gasteiger partial charge in [0.2, 0.25) is 11.8 Å². The fraction of sp³-hybridized carbons (Fsp3) is 0.308. The van der Waals surface area contributed by atoms with Crippen molar-refractivity contribution >= 4 is 23.4 Å². The molecule has 0 spiro atoms. The molecular formula is C13H13N3O3. The topological polar surface area (TPSA) is 92.5 Å². The summed E-state index contributed by atoms with van der Waals surface area (Å²) in [5.41, 5.74) is 6.19. The Morgan fingerprint density at radius 3 is 2.84 bits per heavy atom. The summed E-state index contributed by atoms with van der Waals surface area (Å²) in [7, 11) is 0. The Morgan fingerprint density at radius 1 is 1.37 bits per heavy atom. The van der Waals surface area contributed by atoms with Crippen molar-refractivity contribution in [3.05, 3.63) is 29.3 Å². The lowest BCUT2D eigenvalue weighted by atomic mass is 10.0. The fourth-order valence-corrected chi connectivity index (χ4v) is 2.32. The monoisotopic (exact) mass is 261 g/mol. The molecule has 0 saturated carbocycles. The number of benzene rings is 1. The maximum atomic E-state index is 12.5. The largest absolute Gasteiger partial charge is 0.398 e. The van der Waals surface area contributed by atoms with Gasteiger partial charge in [0, 0.05) is 29.7 Å². The molecule has 6 nitrogen and oxygen atoms in total. The Bertz CT molecular complexity index is 675. The first-order valence-electron chi connectivity index (χ1n) is 6.90. The molecule has 2 heterocycles. The van der Waals surface area contributed by atoms with Crippen molar-refractivity contribution in [1.82, 2.24) is 10.2 Å². The van der Waals surface area contributed by atoms with E-state index >= 15 is 0 Å². The van der Waals surface area contributed by atoms with Gasteiger partial charge in [-0.3, -0.25) is 19.7 Å². The van der Waals surface area contributed by atoms with Crippen LogP contribution in [-0.4, -0.2) is 28.7 Å². The van der Waals surface area contributed by atoms with Crippen molar-refractivity contribution in [2.75, 3.05) is 5.73 Å². The Kier molecular flexibility index (Phi) is 2.05. The quantitative estimate of drug-likeness (QED) is 0.551. The number of imide groups is 1. The second-order valence-corrected chi connectivity index (χ2v) is 4.52. The summed E-state index contributed by atoms with van der Waals surface area (Å²) >= 11 is 0. The molecule has 98 valence electrons. The maximum Gasteiger partial charge on any atom is 0.255 e. The average molecular weight is 261 g/mol. The third-order valence-corrected chi connectivity index (χ3v) is 3.30. The van der Waals surface area contributed by atoms with E-state index in [-0.39, 0.29) is 29.7 Å². The lowest BCUT2D eigenvalue weighted by Gasteiger charge is -2.29. The molecule has 19 heavy (non-hydrogen) atoms. The van der Waals surface area contributed by atoms with Crippen LogP contribution in [0.5, 0.6) is 0 Å². The van der Waals surface area contributed by atoms with Gasteiger partial charge in [-0.15, -0.1) is 0 Å². The van der Waals surface area contributed by atoms with Crippen molar-refractivity contribution in [3.63, 3.8) is 0 Å². The molecule has 0 bridgehead atoms. The van der Waals surface area contributed by atoms with Gasteiger partial charge in [0.1, 0.15) is 6.04 Å². The van der Waals surface area contributed by atoms with Crippen LogP contribution in [0.3, 0.4) is 0 Å². The molecule has 1 aromatic carbocycles. The normalized spacial score (nSPS) is 26.6. The first-order valence-corrected chi connectivity index (χ1v) is 5.90. The van der Waals surface area contributed by atoms with E-state index in [1.165, 1.54) is 12.1 Å². The molecule has 0 aliphatic carbocycles. The van der Waals surface area contributed by atoms with Crippen molar-refractivity contribution in [2.24, 2.45) is 0 Å². The summed E-state index contributed by atoms with van der Waals surface area (Å²) in [6, 6.07) is 3.54. The van der Waals surface area contributed by atoms with Crippen LogP contribution in [0.4, 0.5) is 5.69 Å². The highest BCUT2D eigenvalue weighted by atomic mass is 16.2. The minimum atomic E-state index is -2.18. The third-order valence-electron chi connectivity index (χ3n) is 3.30. The third kappa shape index (κ3) is 1.76. The summed E-state index contributed by atoms with van der Waals surface area (Å²) in [6.45, 7) is -2.18. The van der Waals surface area contributed by atoms with Crippen molar-refractivity contribution in [1.29, 1.82) is 0 Å². The zero-order valence-electron chi connectivity index (χ0n) is 12.0. The number of rotatable bonds is 1. The van der Waals surface area contributed by atoms with E-state index < -0.39 is 30.3 Å². The second-order valence-electron chi connectivity index (χ2n) is 4.52. The maximum absolute atomic E-state index is 12.5. The predicted octanol–water partition coefficient (Wildman–Crippen LogP) is 0.0298. The molecule has 0 aromatic heterocycles. The molecule has 0 unspecified atom stereocenters. The van der Waals surface area contributed by atoms with Crippen LogP contribution in [0.1, 0.15) is 31.5 Å². The summed E-state index contributed by atoms with van der Waals surface area (Å²) in [5.74, 6) is -1.66. The van der Waals surface area contributed by atoms with Gasteiger partial charge in [-0.25, -0.2) is 0 Å². The van der Waals surface area contributed by atoms with E-state index in [2.05, 4.69) is 5.32 Å². The van der Waals surface area contributed by atoms with Crippen molar-refractivity contribution < 1.29 is 17.1 Å². The Labute approximate surface area is 112 Å². The van der Waals surface area contributed by atoms with E-state index in [4.69, 9.17) is 8.48 Å². The molecule has 1 saturated heterocycles. The van der Waals surface area contributed by atoms with Crippen LogP contribution in [-0.2, 0) is 16.1 Å². The SMILES string of the molecule is [2H]C1([2H])c2c(N)cccc2C(=O)N1[C@H]1CCC(=O)NC1=O. The van der Waals surface area contributed by atoms with Gasteiger partial charge in [-0.2, -0.15) is 0 Å². The van der Waals surface area contributed by atoms with Gasteiger partial charge < -0.3 is 10.6 Å². The first-order chi connectivity index (χ1) is 9.84. The second kappa shape index (κ2) is 4.08. The van der Waals surface area contributed by atoms with E-state index in [0.29, 0.717) is 0 Å².